The van der Waals surface area contributed by atoms with Crippen molar-refractivity contribution in [3.8, 4) is 5.75 Å². The zero-order valence-corrected chi connectivity index (χ0v) is 16.0. The Morgan fingerprint density at radius 1 is 0.931 bits per heavy atom. The molecule has 4 nitrogen and oxygen atoms in total. The number of rotatable bonds is 8. The lowest BCUT2D eigenvalue weighted by atomic mass is 9.98. The summed E-state index contributed by atoms with van der Waals surface area (Å²) in [6.45, 7) is -0.660. The van der Waals surface area contributed by atoms with Crippen molar-refractivity contribution >= 4 is 11.6 Å². The van der Waals surface area contributed by atoms with Crippen molar-refractivity contribution < 1.29 is 23.6 Å². The molecular weight excluding hydrogens is 374 g/mol. The molecule has 3 aromatic carbocycles. The van der Waals surface area contributed by atoms with E-state index in [-0.39, 0.29) is 24.2 Å². The van der Waals surface area contributed by atoms with Crippen molar-refractivity contribution in [2.24, 2.45) is 0 Å². The van der Waals surface area contributed by atoms with Crippen molar-refractivity contribution in [2.45, 2.75) is 19.6 Å². The third-order valence-electron chi connectivity index (χ3n) is 4.50. The second kappa shape index (κ2) is 9.80. The van der Waals surface area contributed by atoms with Gasteiger partial charge >= 0.3 is 6.61 Å². The molecule has 1 amide bonds. The number of carbonyl (C=O) groups is 1. The predicted molar refractivity (Wildman–Crippen MR) is 108 cm³/mol. The molecule has 0 unspecified atom stereocenters. The van der Waals surface area contributed by atoms with Gasteiger partial charge in [0.1, 0.15) is 11.8 Å². The van der Waals surface area contributed by atoms with Crippen LogP contribution in [0.25, 0.3) is 0 Å². The number of benzene rings is 3. The van der Waals surface area contributed by atoms with Gasteiger partial charge in [0.2, 0.25) is 0 Å². The highest BCUT2D eigenvalue weighted by molar-refractivity contribution is 5.91. The number of ether oxygens (including phenoxy) is 1. The van der Waals surface area contributed by atoms with E-state index in [2.05, 4.69) is 10.1 Å². The van der Waals surface area contributed by atoms with Gasteiger partial charge in [-0.05, 0) is 43.3 Å². The number of quaternary nitrogens is 1. The first kappa shape index (κ1) is 20.5. The van der Waals surface area contributed by atoms with E-state index in [1.165, 1.54) is 12.1 Å². The third-order valence-corrected chi connectivity index (χ3v) is 4.50. The highest BCUT2D eigenvalue weighted by atomic mass is 19.3. The highest BCUT2D eigenvalue weighted by Crippen LogP contribution is 2.22. The number of anilines is 1. The summed E-state index contributed by atoms with van der Waals surface area (Å²) in [5.41, 5.74) is 3.77. The predicted octanol–water partition coefficient (Wildman–Crippen LogP) is 3.89. The molecular formula is C23H23F2N2O2+. The zero-order chi connectivity index (χ0) is 20.6. The molecule has 0 aromatic heterocycles. The topological polar surface area (TPSA) is 54.9 Å². The SMILES string of the molecule is Cc1ccc(NC(=O)C[NH2+][C@H](c2ccccc2)c2ccc(OC(F)F)cc2)cc1. The van der Waals surface area contributed by atoms with Crippen LogP contribution >= 0.6 is 0 Å². The summed E-state index contributed by atoms with van der Waals surface area (Å²) < 4.78 is 29.2. The lowest BCUT2D eigenvalue weighted by Gasteiger charge is -2.17. The number of hydrogen-bond acceptors (Lipinski definition) is 2. The normalized spacial score (nSPS) is 11.9. The lowest BCUT2D eigenvalue weighted by molar-refractivity contribution is -0.676. The first-order chi connectivity index (χ1) is 14.0. The van der Waals surface area contributed by atoms with Crippen LogP contribution in [0, 0.1) is 6.92 Å². The summed E-state index contributed by atoms with van der Waals surface area (Å²) in [6.07, 6.45) is 0. The first-order valence-electron chi connectivity index (χ1n) is 9.31. The maximum atomic E-state index is 12.4. The molecule has 0 aliphatic carbocycles. The Morgan fingerprint density at radius 3 is 2.17 bits per heavy atom. The number of amides is 1. The van der Waals surface area contributed by atoms with Crippen LogP contribution in [0.15, 0.2) is 78.9 Å². The number of nitrogens with one attached hydrogen (secondary N) is 1. The Hall–Kier alpha value is -3.25. The van der Waals surface area contributed by atoms with E-state index in [1.807, 2.05) is 66.8 Å². The molecule has 0 spiro atoms. The molecule has 29 heavy (non-hydrogen) atoms. The molecule has 6 heteroatoms. The Kier molecular flexibility index (Phi) is 6.92. The smallest absolute Gasteiger partial charge is 0.387 e. The Bertz CT molecular complexity index is 914. The molecule has 0 aliphatic rings. The minimum Gasteiger partial charge on any atom is -0.435 e. The van der Waals surface area contributed by atoms with Gasteiger partial charge in [0.15, 0.2) is 6.54 Å². The monoisotopic (exact) mass is 397 g/mol. The summed E-state index contributed by atoms with van der Waals surface area (Å²) in [4.78, 5) is 12.4. The summed E-state index contributed by atoms with van der Waals surface area (Å²) >= 11 is 0. The molecule has 0 fully saturated rings. The fourth-order valence-electron chi connectivity index (χ4n) is 3.06. The van der Waals surface area contributed by atoms with Crippen LogP contribution in [-0.4, -0.2) is 19.1 Å². The van der Waals surface area contributed by atoms with Gasteiger partial charge in [-0.3, -0.25) is 4.79 Å². The van der Waals surface area contributed by atoms with Crippen molar-refractivity contribution in [2.75, 3.05) is 11.9 Å². The Labute approximate surface area is 168 Å². The van der Waals surface area contributed by atoms with Crippen molar-refractivity contribution in [3.63, 3.8) is 0 Å². The van der Waals surface area contributed by atoms with E-state index in [0.717, 1.165) is 22.4 Å². The highest BCUT2D eigenvalue weighted by Gasteiger charge is 2.19. The molecule has 0 saturated carbocycles. The molecule has 3 aromatic rings. The fourth-order valence-corrected chi connectivity index (χ4v) is 3.06. The molecule has 3 rings (SSSR count). The molecule has 0 radical (unpaired) electrons. The number of halogens is 2. The van der Waals surface area contributed by atoms with Crippen molar-refractivity contribution in [3.05, 3.63) is 95.6 Å². The second-order valence-electron chi connectivity index (χ2n) is 6.69. The first-order valence-corrected chi connectivity index (χ1v) is 9.31. The molecule has 0 aliphatic heterocycles. The van der Waals surface area contributed by atoms with Gasteiger partial charge < -0.3 is 15.4 Å². The van der Waals surface area contributed by atoms with Crippen molar-refractivity contribution in [1.82, 2.24) is 0 Å². The van der Waals surface area contributed by atoms with Crippen LogP contribution in [0.3, 0.4) is 0 Å². The molecule has 0 saturated heterocycles. The number of alkyl halides is 2. The zero-order valence-electron chi connectivity index (χ0n) is 16.0. The molecule has 3 N–H and O–H groups in total. The average molecular weight is 397 g/mol. The molecule has 0 bridgehead atoms. The summed E-state index contributed by atoms with van der Waals surface area (Å²) in [5.74, 6) is -0.0138. The largest absolute Gasteiger partial charge is 0.435 e. The lowest BCUT2D eigenvalue weighted by Crippen LogP contribution is -2.87. The third kappa shape index (κ3) is 6.12. The average Bonchev–Trinajstić information content (AvgIpc) is 2.71. The van der Waals surface area contributed by atoms with E-state index >= 15 is 0 Å². The molecule has 150 valence electrons. The van der Waals surface area contributed by atoms with Crippen LogP contribution in [0.5, 0.6) is 5.75 Å². The van der Waals surface area contributed by atoms with E-state index in [1.54, 1.807) is 12.1 Å². The van der Waals surface area contributed by atoms with Gasteiger partial charge in [0.05, 0.1) is 0 Å². The fraction of sp³-hybridized carbons (Fsp3) is 0.174. The minimum atomic E-state index is -2.86. The van der Waals surface area contributed by atoms with Crippen LogP contribution in [0.4, 0.5) is 14.5 Å². The number of hydrogen-bond donors (Lipinski definition) is 2. The van der Waals surface area contributed by atoms with Gasteiger partial charge in [0, 0.05) is 16.8 Å². The van der Waals surface area contributed by atoms with E-state index in [4.69, 9.17) is 0 Å². The van der Waals surface area contributed by atoms with Crippen molar-refractivity contribution in [1.29, 1.82) is 0 Å². The number of carbonyl (C=O) groups excluding carboxylic acids is 1. The summed E-state index contributed by atoms with van der Waals surface area (Å²) in [6, 6.07) is 23.7. The molecule has 0 heterocycles. The van der Waals surface area contributed by atoms with Gasteiger partial charge in [-0.2, -0.15) is 8.78 Å². The Balaban J connectivity index is 1.71. The van der Waals surface area contributed by atoms with Gasteiger partial charge in [-0.1, -0.05) is 48.0 Å². The van der Waals surface area contributed by atoms with E-state index in [0.29, 0.717) is 0 Å². The standard InChI is InChI=1S/C23H22F2N2O2/c1-16-7-11-19(12-8-16)27-21(28)15-26-22(17-5-3-2-4-6-17)18-9-13-20(14-10-18)29-23(24)25/h2-14,22-23,26H,15H2,1H3,(H,27,28)/p+1/t22-/m1/s1. The molecule has 1 atom stereocenters. The second-order valence-corrected chi connectivity index (χ2v) is 6.69. The number of nitrogens with two attached hydrogens (primary N) is 1. The summed E-state index contributed by atoms with van der Waals surface area (Å²) in [7, 11) is 0. The van der Waals surface area contributed by atoms with Crippen LogP contribution in [0.1, 0.15) is 22.7 Å². The minimum absolute atomic E-state index is 0.104. The number of aryl methyl sites for hydroxylation is 1. The van der Waals surface area contributed by atoms with E-state index < -0.39 is 6.61 Å². The summed E-state index contributed by atoms with van der Waals surface area (Å²) in [5, 5.41) is 4.80. The Morgan fingerprint density at radius 2 is 1.55 bits per heavy atom. The maximum Gasteiger partial charge on any atom is 0.387 e. The van der Waals surface area contributed by atoms with Gasteiger partial charge in [-0.25, -0.2) is 0 Å². The maximum absolute atomic E-state index is 12.4. The van der Waals surface area contributed by atoms with E-state index in [9.17, 15) is 13.6 Å². The van der Waals surface area contributed by atoms with Gasteiger partial charge in [0.25, 0.3) is 5.91 Å². The van der Waals surface area contributed by atoms with Crippen LogP contribution in [-0.2, 0) is 4.79 Å². The van der Waals surface area contributed by atoms with Gasteiger partial charge in [-0.15, -0.1) is 0 Å². The van der Waals surface area contributed by atoms with Crippen LogP contribution < -0.4 is 15.4 Å². The quantitative estimate of drug-likeness (QED) is 0.606. The van der Waals surface area contributed by atoms with Crippen LogP contribution in [0.2, 0.25) is 0 Å².